The van der Waals surface area contributed by atoms with Crippen molar-refractivity contribution in [3.8, 4) is 0 Å². The molecule has 0 aromatic heterocycles. The number of carbonyl (C=O) groups is 2. The van der Waals surface area contributed by atoms with E-state index >= 15 is 0 Å². The van der Waals surface area contributed by atoms with Gasteiger partial charge in [-0.25, -0.2) is 4.79 Å². The number of aryl methyl sites for hydroxylation is 1. The molecule has 0 bridgehead atoms. The van der Waals surface area contributed by atoms with Crippen LogP contribution in [0.25, 0.3) is 0 Å². The summed E-state index contributed by atoms with van der Waals surface area (Å²) >= 11 is 11.0. The average molecular weight is 345 g/mol. The quantitative estimate of drug-likeness (QED) is 0.564. The molecule has 0 amide bonds. The average Bonchev–Trinajstić information content (AvgIpc) is 2.40. The van der Waals surface area contributed by atoms with Gasteiger partial charge in [-0.3, -0.25) is 4.79 Å². The third-order valence-corrected chi connectivity index (χ3v) is 3.38. The van der Waals surface area contributed by atoms with Gasteiger partial charge in [-0.05, 0) is 55.7 Å². The number of carboxylic acids is 2. The number of rotatable bonds is 7. The zero-order valence-electron chi connectivity index (χ0n) is 11.9. The number of aliphatic carboxylic acids is 2. The smallest absolute Gasteiger partial charge is 0.326 e. The highest BCUT2D eigenvalue weighted by Crippen LogP contribution is 2.19. The molecule has 0 radical (unpaired) electrons. The third kappa shape index (κ3) is 6.28. The first kappa shape index (κ1) is 18.2. The maximum atomic E-state index is 11.2. The largest absolute Gasteiger partial charge is 0.481 e. The van der Waals surface area contributed by atoms with Crippen molar-refractivity contribution < 1.29 is 19.8 Å². The molecule has 0 aliphatic rings. The fourth-order valence-corrected chi connectivity index (χ4v) is 2.28. The predicted molar refractivity (Wildman–Crippen MR) is 88.5 cm³/mol. The van der Waals surface area contributed by atoms with Gasteiger partial charge >= 0.3 is 11.9 Å². The van der Waals surface area contributed by atoms with Crippen LogP contribution < -0.4 is 10.6 Å². The molecule has 0 fully saturated rings. The molecule has 0 saturated heterocycles. The molecule has 1 unspecified atom stereocenters. The lowest BCUT2D eigenvalue weighted by Gasteiger charge is -2.18. The molecule has 0 aliphatic carbocycles. The first-order chi connectivity index (χ1) is 10.3. The Morgan fingerprint density at radius 3 is 2.59 bits per heavy atom. The Bertz CT molecular complexity index is 580. The minimum Gasteiger partial charge on any atom is -0.481 e. The molecule has 1 rings (SSSR count). The van der Waals surface area contributed by atoms with Crippen molar-refractivity contribution in [1.29, 1.82) is 0 Å². The monoisotopic (exact) mass is 344 g/mol. The Hall–Kier alpha value is -1.86. The van der Waals surface area contributed by atoms with Crippen LogP contribution in [-0.2, 0) is 9.59 Å². The summed E-state index contributed by atoms with van der Waals surface area (Å²) in [5.74, 6) is -2.04. The van der Waals surface area contributed by atoms with E-state index in [-0.39, 0.29) is 24.4 Å². The van der Waals surface area contributed by atoms with Crippen molar-refractivity contribution >= 4 is 46.6 Å². The van der Waals surface area contributed by atoms with E-state index in [9.17, 15) is 9.59 Å². The molecule has 0 aliphatic heterocycles. The van der Waals surface area contributed by atoms with Crippen LogP contribution in [0, 0.1) is 6.92 Å². The SMILES string of the molecule is Cc1cc(Cl)ccc1NC(=S)NC(CCCC(=O)O)C(=O)O. The van der Waals surface area contributed by atoms with Gasteiger partial charge in [0.25, 0.3) is 0 Å². The van der Waals surface area contributed by atoms with E-state index in [2.05, 4.69) is 10.6 Å². The fraction of sp³-hybridized carbons (Fsp3) is 0.357. The number of nitrogens with one attached hydrogen (secondary N) is 2. The number of thiocarbonyl (C=S) groups is 1. The molecular weight excluding hydrogens is 328 g/mol. The number of carboxylic acid groups (broad SMARTS) is 2. The lowest BCUT2D eigenvalue weighted by Crippen LogP contribution is -2.43. The van der Waals surface area contributed by atoms with Gasteiger partial charge in [0, 0.05) is 17.1 Å². The van der Waals surface area contributed by atoms with Crippen LogP contribution in [0.15, 0.2) is 18.2 Å². The molecular formula is C14H17ClN2O4S. The molecule has 1 aromatic carbocycles. The highest BCUT2D eigenvalue weighted by Gasteiger charge is 2.18. The van der Waals surface area contributed by atoms with Crippen LogP contribution in [0.2, 0.25) is 5.02 Å². The maximum absolute atomic E-state index is 11.2. The van der Waals surface area contributed by atoms with E-state index in [4.69, 9.17) is 34.0 Å². The second kappa shape index (κ2) is 8.55. The Labute approximate surface area is 138 Å². The van der Waals surface area contributed by atoms with E-state index < -0.39 is 18.0 Å². The topological polar surface area (TPSA) is 98.7 Å². The summed E-state index contributed by atoms with van der Waals surface area (Å²) in [6, 6.07) is 4.26. The summed E-state index contributed by atoms with van der Waals surface area (Å²) in [5.41, 5.74) is 1.59. The third-order valence-electron chi connectivity index (χ3n) is 2.92. The zero-order valence-corrected chi connectivity index (χ0v) is 13.5. The lowest BCUT2D eigenvalue weighted by molar-refractivity contribution is -0.140. The first-order valence-corrected chi connectivity index (χ1v) is 7.36. The van der Waals surface area contributed by atoms with Gasteiger partial charge in [0.05, 0.1) is 0 Å². The van der Waals surface area contributed by atoms with Gasteiger partial charge in [-0.2, -0.15) is 0 Å². The first-order valence-electron chi connectivity index (χ1n) is 6.58. The predicted octanol–water partition coefficient (Wildman–Crippen LogP) is 2.64. The highest BCUT2D eigenvalue weighted by atomic mass is 35.5. The van der Waals surface area contributed by atoms with Crippen molar-refractivity contribution in [3.63, 3.8) is 0 Å². The fourth-order valence-electron chi connectivity index (χ4n) is 1.80. The van der Waals surface area contributed by atoms with Crippen molar-refractivity contribution in [2.24, 2.45) is 0 Å². The Morgan fingerprint density at radius 2 is 2.05 bits per heavy atom. The standard InChI is InChI=1S/C14H17ClN2O4S/c1-8-7-9(15)5-6-10(8)16-14(22)17-11(13(20)21)3-2-4-12(18)19/h5-7,11H,2-4H2,1H3,(H,18,19)(H,20,21)(H2,16,17,22). The number of hydrogen-bond acceptors (Lipinski definition) is 3. The van der Waals surface area contributed by atoms with Gasteiger partial charge in [0.1, 0.15) is 6.04 Å². The molecule has 6 nitrogen and oxygen atoms in total. The zero-order chi connectivity index (χ0) is 16.7. The Balaban J connectivity index is 2.59. The van der Waals surface area contributed by atoms with E-state index in [1.54, 1.807) is 18.2 Å². The molecule has 120 valence electrons. The van der Waals surface area contributed by atoms with E-state index in [0.717, 1.165) is 11.3 Å². The highest BCUT2D eigenvalue weighted by molar-refractivity contribution is 7.80. The maximum Gasteiger partial charge on any atom is 0.326 e. The Kier molecular flexibility index (Phi) is 7.07. The van der Waals surface area contributed by atoms with Crippen molar-refractivity contribution in [2.75, 3.05) is 5.32 Å². The molecule has 1 aromatic rings. The van der Waals surface area contributed by atoms with E-state index in [1.165, 1.54) is 0 Å². The second-order valence-electron chi connectivity index (χ2n) is 4.73. The van der Waals surface area contributed by atoms with Crippen LogP contribution >= 0.6 is 23.8 Å². The van der Waals surface area contributed by atoms with Crippen molar-refractivity contribution in [1.82, 2.24) is 5.32 Å². The summed E-state index contributed by atoms with van der Waals surface area (Å²) in [7, 11) is 0. The number of benzene rings is 1. The normalized spacial score (nSPS) is 11.5. The Morgan fingerprint density at radius 1 is 1.36 bits per heavy atom. The molecule has 8 heteroatoms. The molecule has 1 atom stereocenters. The van der Waals surface area contributed by atoms with Gasteiger partial charge in [0.2, 0.25) is 0 Å². The number of halogens is 1. The molecule has 0 spiro atoms. The van der Waals surface area contributed by atoms with Crippen LogP contribution in [0.3, 0.4) is 0 Å². The summed E-state index contributed by atoms with van der Waals surface area (Å²) in [6.07, 6.45) is 0.340. The molecule has 4 N–H and O–H groups in total. The summed E-state index contributed by atoms with van der Waals surface area (Å²) in [5, 5.41) is 24.0. The molecule has 22 heavy (non-hydrogen) atoms. The summed E-state index contributed by atoms with van der Waals surface area (Å²) in [4.78, 5) is 21.6. The minimum absolute atomic E-state index is 0.0814. The van der Waals surface area contributed by atoms with Crippen LogP contribution in [0.4, 0.5) is 5.69 Å². The van der Waals surface area contributed by atoms with Crippen LogP contribution in [0.1, 0.15) is 24.8 Å². The van der Waals surface area contributed by atoms with Gasteiger partial charge in [-0.15, -0.1) is 0 Å². The number of anilines is 1. The van der Waals surface area contributed by atoms with Gasteiger partial charge in [-0.1, -0.05) is 11.6 Å². The summed E-state index contributed by atoms with van der Waals surface area (Å²) < 4.78 is 0. The van der Waals surface area contributed by atoms with Crippen LogP contribution in [-0.4, -0.2) is 33.3 Å². The molecule has 0 heterocycles. The van der Waals surface area contributed by atoms with Crippen molar-refractivity contribution in [3.05, 3.63) is 28.8 Å². The van der Waals surface area contributed by atoms with Crippen LogP contribution in [0.5, 0.6) is 0 Å². The van der Waals surface area contributed by atoms with Gasteiger partial charge in [0.15, 0.2) is 5.11 Å². The van der Waals surface area contributed by atoms with E-state index in [0.29, 0.717) is 5.02 Å². The second-order valence-corrected chi connectivity index (χ2v) is 5.58. The number of hydrogen-bond donors (Lipinski definition) is 4. The lowest BCUT2D eigenvalue weighted by atomic mass is 10.1. The van der Waals surface area contributed by atoms with Crippen molar-refractivity contribution in [2.45, 2.75) is 32.2 Å². The molecule has 0 saturated carbocycles. The van der Waals surface area contributed by atoms with E-state index in [1.807, 2.05) is 6.92 Å². The summed E-state index contributed by atoms with van der Waals surface area (Å²) in [6.45, 7) is 1.85. The minimum atomic E-state index is -1.08. The van der Waals surface area contributed by atoms with Gasteiger partial charge < -0.3 is 20.8 Å².